The first-order valence-electron chi connectivity index (χ1n) is 8.85. The Kier molecular flexibility index (Phi) is 3.12. The monoisotopic (exact) mass is 276 g/mol. The summed E-state index contributed by atoms with van der Waals surface area (Å²) in [7, 11) is 0. The van der Waals surface area contributed by atoms with Crippen LogP contribution in [0.25, 0.3) is 0 Å². The maximum atomic E-state index is 11.1. The third-order valence-electron chi connectivity index (χ3n) is 7.08. The lowest BCUT2D eigenvalue weighted by Crippen LogP contribution is -2.47. The van der Waals surface area contributed by atoms with Crippen molar-refractivity contribution < 1.29 is 9.90 Å². The maximum Gasteiger partial charge on any atom is 0.306 e. The minimum absolute atomic E-state index is 0.0392. The first-order chi connectivity index (χ1) is 9.62. The summed E-state index contributed by atoms with van der Waals surface area (Å²) in [6.45, 7) is 0. The number of carboxylic acid groups (broad SMARTS) is 1. The highest BCUT2D eigenvalue weighted by Gasteiger charge is 2.51. The van der Waals surface area contributed by atoms with Gasteiger partial charge in [-0.15, -0.1) is 0 Å². The summed E-state index contributed by atoms with van der Waals surface area (Å²) < 4.78 is 0. The summed E-state index contributed by atoms with van der Waals surface area (Å²) in [6.07, 6.45) is 14.8. The highest BCUT2D eigenvalue weighted by molar-refractivity contribution is 5.69. The number of hydrogen-bond acceptors (Lipinski definition) is 1. The molecule has 5 rings (SSSR count). The first-order valence-corrected chi connectivity index (χ1v) is 8.85. The molecule has 5 saturated carbocycles. The Hall–Kier alpha value is -0.530. The summed E-state index contributed by atoms with van der Waals surface area (Å²) in [5, 5.41) is 9.13. The minimum atomic E-state index is -0.557. The molecule has 5 aliphatic rings. The van der Waals surface area contributed by atoms with Crippen molar-refractivity contribution in [3.63, 3.8) is 0 Å². The van der Waals surface area contributed by atoms with E-state index in [4.69, 9.17) is 5.11 Å². The fraction of sp³-hybridized carbons (Fsp3) is 0.944. The average Bonchev–Trinajstić information content (AvgIpc) is 2.37. The molecule has 0 aliphatic heterocycles. The molecule has 1 N–H and O–H groups in total. The summed E-state index contributed by atoms with van der Waals surface area (Å²) in [4.78, 5) is 11.1. The zero-order chi connectivity index (χ0) is 13.7. The molecule has 0 heterocycles. The van der Waals surface area contributed by atoms with Crippen LogP contribution in [-0.2, 0) is 4.79 Å². The van der Waals surface area contributed by atoms with Gasteiger partial charge in [-0.3, -0.25) is 4.79 Å². The Balaban J connectivity index is 1.39. The van der Waals surface area contributed by atoms with Crippen LogP contribution in [0.3, 0.4) is 0 Å². The first kappa shape index (κ1) is 13.2. The van der Waals surface area contributed by atoms with E-state index in [-0.39, 0.29) is 5.92 Å². The zero-order valence-corrected chi connectivity index (χ0v) is 12.5. The zero-order valence-electron chi connectivity index (χ0n) is 12.5. The van der Waals surface area contributed by atoms with Crippen molar-refractivity contribution in [2.24, 2.45) is 35.0 Å². The molecule has 0 saturated heterocycles. The largest absolute Gasteiger partial charge is 0.481 e. The SMILES string of the molecule is O=C(O)C1CCC(CC23CC4CC(CC(C4)C2)C3)CC1. The Bertz CT molecular complexity index is 357. The van der Waals surface area contributed by atoms with Gasteiger partial charge in [0.25, 0.3) is 0 Å². The van der Waals surface area contributed by atoms with Gasteiger partial charge in [-0.1, -0.05) is 0 Å². The lowest BCUT2D eigenvalue weighted by Gasteiger charge is -2.58. The number of carboxylic acids is 1. The molecule has 2 heteroatoms. The van der Waals surface area contributed by atoms with Crippen LogP contribution in [-0.4, -0.2) is 11.1 Å². The molecular weight excluding hydrogens is 248 g/mol. The molecule has 2 nitrogen and oxygen atoms in total. The molecule has 5 fully saturated rings. The molecule has 0 aromatic carbocycles. The van der Waals surface area contributed by atoms with E-state index < -0.39 is 5.97 Å². The van der Waals surface area contributed by atoms with E-state index in [0.717, 1.165) is 36.5 Å². The van der Waals surface area contributed by atoms with Crippen LogP contribution in [0.2, 0.25) is 0 Å². The molecular formula is C18H28O2. The molecule has 0 aromatic rings. The van der Waals surface area contributed by atoms with Crippen LogP contribution in [0.15, 0.2) is 0 Å². The van der Waals surface area contributed by atoms with Crippen LogP contribution in [0.1, 0.15) is 70.6 Å². The standard InChI is InChI=1S/C18H28O2/c19-17(20)16-3-1-12(2-4-16)8-18-9-13-5-14(10-18)7-15(6-13)11-18/h12-16H,1-11H2,(H,19,20). The Morgan fingerprint density at radius 3 is 1.85 bits per heavy atom. The van der Waals surface area contributed by atoms with Crippen molar-refractivity contribution in [2.45, 2.75) is 70.6 Å². The van der Waals surface area contributed by atoms with E-state index in [1.807, 2.05) is 0 Å². The molecule has 5 aliphatic carbocycles. The average molecular weight is 276 g/mol. The van der Waals surface area contributed by atoms with Crippen LogP contribution < -0.4 is 0 Å². The molecule has 0 atom stereocenters. The smallest absolute Gasteiger partial charge is 0.306 e. The number of aliphatic carboxylic acids is 1. The lowest BCUT2D eigenvalue weighted by molar-refractivity contribution is -0.143. The molecule has 20 heavy (non-hydrogen) atoms. The highest BCUT2D eigenvalue weighted by Crippen LogP contribution is 2.62. The molecule has 0 amide bonds. The van der Waals surface area contributed by atoms with Crippen molar-refractivity contribution in [3.8, 4) is 0 Å². The van der Waals surface area contributed by atoms with E-state index in [2.05, 4.69) is 0 Å². The van der Waals surface area contributed by atoms with E-state index in [0.29, 0.717) is 5.41 Å². The second-order valence-corrected chi connectivity index (χ2v) is 8.68. The second-order valence-electron chi connectivity index (χ2n) is 8.68. The van der Waals surface area contributed by atoms with Gasteiger partial charge >= 0.3 is 5.97 Å². The fourth-order valence-electron chi connectivity index (χ4n) is 6.77. The summed E-state index contributed by atoms with van der Waals surface area (Å²) in [6, 6.07) is 0. The van der Waals surface area contributed by atoms with Crippen LogP contribution >= 0.6 is 0 Å². The Morgan fingerprint density at radius 2 is 1.40 bits per heavy atom. The molecule has 112 valence electrons. The maximum absolute atomic E-state index is 11.1. The summed E-state index contributed by atoms with van der Waals surface area (Å²) in [5.74, 6) is 3.40. The minimum Gasteiger partial charge on any atom is -0.481 e. The van der Waals surface area contributed by atoms with Gasteiger partial charge in [-0.05, 0) is 99.7 Å². The highest BCUT2D eigenvalue weighted by atomic mass is 16.4. The molecule has 0 spiro atoms. The van der Waals surface area contributed by atoms with Gasteiger partial charge < -0.3 is 5.11 Å². The lowest BCUT2D eigenvalue weighted by atomic mass is 9.47. The Labute approximate surface area is 122 Å². The van der Waals surface area contributed by atoms with Crippen molar-refractivity contribution in [2.75, 3.05) is 0 Å². The van der Waals surface area contributed by atoms with Gasteiger partial charge in [0.1, 0.15) is 0 Å². The van der Waals surface area contributed by atoms with Gasteiger partial charge in [-0.25, -0.2) is 0 Å². The van der Waals surface area contributed by atoms with Crippen LogP contribution in [0.5, 0.6) is 0 Å². The predicted octanol–water partition coefficient (Wildman–Crippen LogP) is 4.48. The quantitative estimate of drug-likeness (QED) is 0.825. The summed E-state index contributed by atoms with van der Waals surface area (Å²) >= 11 is 0. The van der Waals surface area contributed by atoms with Crippen molar-refractivity contribution in [1.82, 2.24) is 0 Å². The molecule has 0 aromatic heterocycles. The molecule has 4 bridgehead atoms. The third kappa shape index (κ3) is 2.29. The van der Waals surface area contributed by atoms with Gasteiger partial charge in [0, 0.05) is 0 Å². The van der Waals surface area contributed by atoms with E-state index in [1.165, 1.54) is 57.8 Å². The van der Waals surface area contributed by atoms with E-state index >= 15 is 0 Å². The molecule has 0 radical (unpaired) electrons. The van der Waals surface area contributed by atoms with Crippen molar-refractivity contribution >= 4 is 5.97 Å². The van der Waals surface area contributed by atoms with Gasteiger partial charge in [-0.2, -0.15) is 0 Å². The van der Waals surface area contributed by atoms with Gasteiger partial charge in [0.2, 0.25) is 0 Å². The number of carbonyl (C=O) groups is 1. The number of hydrogen-bond donors (Lipinski definition) is 1. The van der Waals surface area contributed by atoms with E-state index in [9.17, 15) is 4.79 Å². The third-order valence-corrected chi connectivity index (χ3v) is 7.08. The van der Waals surface area contributed by atoms with Gasteiger partial charge in [0.15, 0.2) is 0 Å². The van der Waals surface area contributed by atoms with Gasteiger partial charge in [0.05, 0.1) is 5.92 Å². The molecule has 0 unspecified atom stereocenters. The number of rotatable bonds is 3. The topological polar surface area (TPSA) is 37.3 Å². The summed E-state index contributed by atoms with van der Waals surface area (Å²) in [5.41, 5.74) is 0.690. The predicted molar refractivity (Wildman–Crippen MR) is 78.3 cm³/mol. The normalized spacial score (nSPS) is 50.3. The second kappa shape index (κ2) is 4.74. The van der Waals surface area contributed by atoms with Crippen LogP contribution in [0, 0.1) is 35.0 Å². The van der Waals surface area contributed by atoms with Crippen molar-refractivity contribution in [3.05, 3.63) is 0 Å². The van der Waals surface area contributed by atoms with Crippen molar-refractivity contribution in [1.29, 1.82) is 0 Å². The van der Waals surface area contributed by atoms with E-state index in [1.54, 1.807) is 0 Å². The van der Waals surface area contributed by atoms with Crippen LogP contribution in [0.4, 0.5) is 0 Å². The fourth-order valence-corrected chi connectivity index (χ4v) is 6.77. The Morgan fingerprint density at radius 1 is 0.900 bits per heavy atom.